The molecular formula is C18H11BrN4O2S2. The predicted octanol–water partition coefficient (Wildman–Crippen LogP) is 3.38. The molecule has 27 heavy (non-hydrogen) atoms. The molecule has 0 fully saturated rings. The molecule has 2 aromatic carbocycles. The summed E-state index contributed by atoms with van der Waals surface area (Å²) in [5.74, 6) is -0.0768. The van der Waals surface area contributed by atoms with E-state index in [-0.39, 0.29) is 11.8 Å². The normalized spacial score (nSPS) is 12.1. The van der Waals surface area contributed by atoms with Crippen molar-refractivity contribution in [3.63, 3.8) is 0 Å². The van der Waals surface area contributed by atoms with E-state index in [0.717, 1.165) is 26.5 Å². The molecular weight excluding hydrogens is 448 g/mol. The number of fused-ring (bicyclic) bond motifs is 1. The standard InChI is InChI=1S/C18H11BrN4O2S2/c19-11-7-5-10(6-8-11)16(24)22-23-17(25)14(27-18(23)26)9-15-20-12-3-1-2-4-13(12)21-15/h1-9,25H,(H,22,24). The van der Waals surface area contributed by atoms with Gasteiger partial charge in [0.05, 0.1) is 15.6 Å². The van der Waals surface area contributed by atoms with Gasteiger partial charge in [-0.2, -0.15) is 4.68 Å². The summed E-state index contributed by atoms with van der Waals surface area (Å²) >= 11 is 9.75. The number of para-hydroxylation sites is 2. The second-order valence-corrected chi connectivity index (χ2v) is 8.15. The van der Waals surface area contributed by atoms with Crippen molar-refractivity contribution in [3.05, 3.63) is 83.9 Å². The minimum atomic E-state index is -0.381. The minimum Gasteiger partial charge on any atom is -0.492 e. The van der Waals surface area contributed by atoms with Gasteiger partial charge in [0.1, 0.15) is 0 Å². The van der Waals surface area contributed by atoms with Crippen LogP contribution in [-0.2, 0) is 0 Å². The van der Waals surface area contributed by atoms with Gasteiger partial charge in [0, 0.05) is 16.1 Å². The quantitative estimate of drug-likeness (QED) is 0.590. The molecule has 0 saturated carbocycles. The molecule has 1 aliphatic heterocycles. The number of amides is 1. The van der Waals surface area contributed by atoms with E-state index in [0.29, 0.717) is 20.2 Å². The molecule has 3 aromatic rings. The number of carbonyl (C=O) groups excluding carboxylic acids is 1. The first kappa shape index (κ1) is 17.8. The van der Waals surface area contributed by atoms with Crippen LogP contribution in [0.15, 0.2) is 68.8 Å². The van der Waals surface area contributed by atoms with E-state index in [1.807, 2.05) is 24.3 Å². The lowest BCUT2D eigenvalue weighted by Gasteiger charge is -2.07. The van der Waals surface area contributed by atoms with Crippen molar-refractivity contribution in [2.24, 2.45) is 9.98 Å². The van der Waals surface area contributed by atoms with E-state index in [1.165, 1.54) is 4.68 Å². The first-order chi connectivity index (χ1) is 13.0. The highest BCUT2D eigenvalue weighted by Gasteiger charge is 2.15. The molecule has 2 N–H and O–H groups in total. The van der Waals surface area contributed by atoms with Crippen LogP contribution in [0.3, 0.4) is 0 Å². The molecule has 134 valence electrons. The van der Waals surface area contributed by atoms with Crippen LogP contribution in [-0.4, -0.2) is 15.7 Å². The molecule has 0 atom stereocenters. The number of carbonyl (C=O) groups is 1. The maximum absolute atomic E-state index is 12.4. The summed E-state index contributed by atoms with van der Waals surface area (Å²) in [6.45, 7) is 0. The van der Waals surface area contributed by atoms with Gasteiger partial charge in [-0.3, -0.25) is 10.2 Å². The zero-order valence-corrected chi connectivity index (χ0v) is 16.8. The first-order valence-electron chi connectivity index (χ1n) is 7.77. The van der Waals surface area contributed by atoms with Crippen LogP contribution in [0.1, 0.15) is 15.2 Å². The van der Waals surface area contributed by atoms with Gasteiger partial charge < -0.3 is 5.11 Å². The first-order valence-corrected chi connectivity index (χ1v) is 9.79. The number of benzene rings is 2. The van der Waals surface area contributed by atoms with Gasteiger partial charge in [0.25, 0.3) is 5.91 Å². The average Bonchev–Trinajstić information content (AvgIpc) is 3.18. The number of rotatable bonds is 3. The lowest BCUT2D eigenvalue weighted by molar-refractivity contribution is 0.101. The fourth-order valence-electron chi connectivity index (χ4n) is 2.45. The van der Waals surface area contributed by atoms with Crippen LogP contribution in [0.5, 0.6) is 5.88 Å². The number of hydrogen-bond donors (Lipinski definition) is 2. The Hall–Kier alpha value is -2.62. The average molecular weight is 459 g/mol. The summed E-state index contributed by atoms with van der Waals surface area (Å²) in [7, 11) is 0. The number of nitrogens with zero attached hydrogens (tertiary/aromatic N) is 3. The Labute approximate surface area is 171 Å². The fraction of sp³-hybridized carbons (Fsp3) is 0. The van der Waals surface area contributed by atoms with Gasteiger partial charge in [-0.1, -0.05) is 39.4 Å². The Bertz CT molecular complexity index is 1220. The number of nitrogens with one attached hydrogen (secondary N) is 1. The van der Waals surface area contributed by atoms with Crippen LogP contribution in [0, 0.1) is 3.95 Å². The highest BCUT2D eigenvalue weighted by molar-refractivity contribution is 9.10. The highest BCUT2D eigenvalue weighted by Crippen LogP contribution is 2.28. The lowest BCUT2D eigenvalue weighted by atomic mass is 10.2. The Morgan fingerprint density at radius 2 is 1.78 bits per heavy atom. The van der Waals surface area contributed by atoms with E-state index in [4.69, 9.17) is 12.2 Å². The molecule has 0 saturated heterocycles. The maximum atomic E-state index is 12.4. The molecule has 0 spiro atoms. The van der Waals surface area contributed by atoms with Crippen molar-refractivity contribution in [2.45, 2.75) is 0 Å². The van der Waals surface area contributed by atoms with Crippen molar-refractivity contribution in [1.82, 2.24) is 4.68 Å². The molecule has 0 bridgehead atoms. The zero-order valence-electron chi connectivity index (χ0n) is 13.6. The monoisotopic (exact) mass is 458 g/mol. The molecule has 6 nitrogen and oxygen atoms in total. The second kappa shape index (κ2) is 7.18. The van der Waals surface area contributed by atoms with Crippen molar-refractivity contribution in [2.75, 3.05) is 5.43 Å². The van der Waals surface area contributed by atoms with Gasteiger partial charge in [-0.25, -0.2) is 9.98 Å². The highest BCUT2D eigenvalue weighted by atomic mass is 79.9. The third-order valence-corrected chi connectivity index (χ3v) is 5.58. The summed E-state index contributed by atoms with van der Waals surface area (Å²) < 4.78 is 2.35. The lowest BCUT2D eigenvalue weighted by Crippen LogP contribution is -2.22. The minimum absolute atomic E-state index is 0.163. The predicted molar refractivity (Wildman–Crippen MR) is 109 cm³/mol. The van der Waals surface area contributed by atoms with Crippen LogP contribution in [0.25, 0.3) is 6.08 Å². The van der Waals surface area contributed by atoms with Gasteiger partial charge in [0.15, 0.2) is 9.78 Å². The maximum Gasteiger partial charge on any atom is 0.270 e. The van der Waals surface area contributed by atoms with Crippen molar-refractivity contribution in [3.8, 4) is 5.88 Å². The molecule has 2 heterocycles. The summed E-state index contributed by atoms with van der Waals surface area (Å²) in [5.41, 5.74) is 3.05. The Kier molecular flexibility index (Phi) is 4.73. The number of hydrogen-bond acceptors (Lipinski definition) is 6. The number of aromatic nitrogens is 1. The largest absolute Gasteiger partial charge is 0.492 e. The fourth-order valence-corrected chi connectivity index (χ4v) is 3.87. The van der Waals surface area contributed by atoms with E-state index in [9.17, 15) is 9.90 Å². The Balaban J connectivity index is 1.64. The molecule has 1 amide bonds. The molecule has 0 aliphatic carbocycles. The number of halogens is 1. The van der Waals surface area contributed by atoms with Crippen LogP contribution < -0.4 is 16.1 Å². The van der Waals surface area contributed by atoms with Gasteiger partial charge >= 0.3 is 0 Å². The molecule has 1 aliphatic rings. The number of thiazole rings is 1. The molecule has 9 heteroatoms. The van der Waals surface area contributed by atoms with Crippen molar-refractivity contribution < 1.29 is 9.90 Å². The Morgan fingerprint density at radius 1 is 1.15 bits per heavy atom. The molecule has 0 radical (unpaired) electrons. The summed E-state index contributed by atoms with van der Waals surface area (Å²) in [6.07, 6.45) is 1.64. The van der Waals surface area contributed by atoms with Crippen LogP contribution in [0.4, 0.5) is 0 Å². The molecule has 0 unspecified atom stereocenters. The Morgan fingerprint density at radius 3 is 2.41 bits per heavy atom. The SMILES string of the molecule is O=C(Nn1c(O)c(C=C2N=c3ccccc3=N2)sc1=S)c1ccc(Br)cc1. The third-order valence-electron chi connectivity index (χ3n) is 3.74. The van der Waals surface area contributed by atoms with Crippen molar-refractivity contribution in [1.29, 1.82) is 0 Å². The number of aromatic hydroxyl groups is 1. The van der Waals surface area contributed by atoms with E-state index in [2.05, 4.69) is 31.3 Å². The van der Waals surface area contributed by atoms with Crippen LogP contribution >= 0.6 is 39.5 Å². The summed E-state index contributed by atoms with van der Waals surface area (Å²) in [5, 5.41) is 12.0. The van der Waals surface area contributed by atoms with Gasteiger partial charge in [0.2, 0.25) is 5.88 Å². The summed E-state index contributed by atoms with van der Waals surface area (Å²) in [4.78, 5) is 21.6. The van der Waals surface area contributed by atoms with E-state index >= 15 is 0 Å². The van der Waals surface area contributed by atoms with Crippen molar-refractivity contribution >= 4 is 51.5 Å². The molecule has 1 aromatic heterocycles. The summed E-state index contributed by atoms with van der Waals surface area (Å²) in [6, 6.07) is 14.4. The smallest absolute Gasteiger partial charge is 0.270 e. The molecule has 4 rings (SSSR count). The van der Waals surface area contributed by atoms with E-state index in [1.54, 1.807) is 30.3 Å². The van der Waals surface area contributed by atoms with Gasteiger partial charge in [-0.05, 0) is 48.6 Å². The van der Waals surface area contributed by atoms with E-state index < -0.39 is 0 Å². The second-order valence-electron chi connectivity index (χ2n) is 5.55. The van der Waals surface area contributed by atoms with Crippen LogP contribution in [0.2, 0.25) is 0 Å². The third kappa shape index (κ3) is 3.61. The van der Waals surface area contributed by atoms with Gasteiger partial charge in [-0.15, -0.1) is 0 Å². The topological polar surface area (TPSA) is 79.0 Å². The zero-order chi connectivity index (χ0) is 19.0.